The Morgan fingerprint density at radius 3 is 2.62 bits per heavy atom. The lowest BCUT2D eigenvalue weighted by Gasteiger charge is -2.30. The van der Waals surface area contributed by atoms with Crippen molar-refractivity contribution in [2.75, 3.05) is 39.3 Å². The highest BCUT2D eigenvalue weighted by atomic mass is 35.5. The summed E-state index contributed by atoms with van der Waals surface area (Å²) in [6, 6.07) is 10.0. The summed E-state index contributed by atoms with van der Waals surface area (Å²) in [6.45, 7) is 6.75. The molecule has 4 rings (SSSR count). The summed E-state index contributed by atoms with van der Waals surface area (Å²) in [7, 11) is 0. The molecule has 26 heavy (non-hydrogen) atoms. The lowest BCUT2D eigenvalue weighted by Crippen LogP contribution is -2.37. The van der Waals surface area contributed by atoms with E-state index in [2.05, 4.69) is 21.9 Å². The second kappa shape index (κ2) is 8.22. The van der Waals surface area contributed by atoms with Crippen molar-refractivity contribution in [1.82, 2.24) is 14.8 Å². The summed E-state index contributed by atoms with van der Waals surface area (Å²) < 4.78 is 0. The highest BCUT2D eigenvalue weighted by molar-refractivity contribution is 6.31. The average molecular weight is 374 g/mol. The number of fused-ring (bicyclic) bond motifs is 1. The Bertz CT molecular complexity index is 747. The van der Waals surface area contributed by atoms with Gasteiger partial charge in [-0.1, -0.05) is 24.1 Å². The minimum atomic E-state index is 0.290. The first kappa shape index (κ1) is 18.2. The van der Waals surface area contributed by atoms with Crippen molar-refractivity contribution in [3.05, 3.63) is 41.0 Å². The molecule has 4 nitrogen and oxygen atoms in total. The Morgan fingerprint density at radius 1 is 1.00 bits per heavy atom. The van der Waals surface area contributed by atoms with Gasteiger partial charge in [0.25, 0.3) is 0 Å². The van der Waals surface area contributed by atoms with E-state index in [4.69, 9.17) is 16.6 Å². The summed E-state index contributed by atoms with van der Waals surface area (Å²) in [6.07, 6.45) is 4.02. The summed E-state index contributed by atoms with van der Waals surface area (Å²) in [5.74, 6) is 0.952. The fraction of sp³-hybridized carbons (Fsp3) is 0.571. The van der Waals surface area contributed by atoms with E-state index in [-0.39, 0.29) is 0 Å². The van der Waals surface area contributed by atoms with Crippen molar-refractivity contribution in [1.29, 1.82) is 0 Å². The molecular weight excluding hydrogens is 346 g/mol. The van der Waals surface area contributed by atoms with Gasteiger partial charge < -0.3 is 10.0 Å². The lowest BCUT2D eigenvalue weighted by molar-refractivity contribution is 0.149. The van der Waals surface area contributed by atoms with Crippen LogP contribution in [0.1, 0.15) is 25.0 Å². The van der Waals surface area contributed by atoms with Gasteiger partial charge >= 0.3 is 0 Å². The van der Waals surface area contributed by atoms with E-state index in [1.165, 1.54) is 32.4 Å². The predicted octanol–water partition coefficient (Wildman–Crippen LogP) is 3.41. The number of hydrogen-bond acceptors (Lipinski definition) is 4. The minimum Gasteiger partial charge on any atom is -0.396 e. The van der Waals surface area contributed by atoms with Crippen LogP contribution in [-0.2, 0) is 6.54 Å². The Hall–Kier alpha value is -1.20. The number of piperidine rings is 1. The van der Waals surface area contributed by atoms with E-state index in [0.717, 1.165) is 47.8 Å². The molecule has 140 valence electrons. The monoisotopic (exact) mass is 373 g/mol. The fourth-order valence-electron chi connectivity index (χ4n) is 4.51. The summed E-state index contributed by atoms with van der Waals surface area (Å²) >= 11 is 6.06. The number of nitrogens with zero attached hydrogens (tertiary/aromatic N) is 3. The van der Waals surface area contributed by atoms with E-state index in [1.807, 2.05) is 18.2 Å². The van der Waals surface area contributed by atoms with Crippen molar-refractivity contribution >= 4 is 22.5 Å². The summed E-state index contributed by atoms with van der Waals surface area (Å²) in [5.41, 5.74) is 2.09. The Morgan fingerprint density at radius 2 is 1.81 bits per heavy atom. The van der Waals surface area contributed by atoms with E-state index in [0.29, 0.717) is 18.4 Å². The maximum absolute atomic E-state index is 9.84. The quantitative estimate of drug-likeness (QED) is 0.871. The smallest absolute Gasteiger partial charge is 0.0706 e. The topological polar surface area (TPSA) is 39.6 Å². The van der Waals surface area contributed by atoms with E-state index < -0.39 is 0 Å². The van der Waals surface area contributed by atoms with Crippen LogP contribution in [0.3, 0.4) is 0 Å². The van der Waals surface area contributed by atoms with Gasteiger partial charge in [0.15, 0.2) is 0 Å². The summed E-state index contributed by atoms with van der Waals surface area (Å²) in [4.78, 5) is 9.85. The van der Waals surface area contributed by atoms with Crippen molar-refractivity contribution in [2.24, 2.45) is 11.8 Å². The average Bonchev–Trinajstić information content (AvgIpc) is 3.04. The maximum atomic E-state index is 9.84. The number of likely N-dealkylation sites (tertiary alicyclic amines) is 2. The standard InChI is InChI=1S/C21H28ClN3O/c22-19-5-7-21-16(10-19)4-6-20(23-21)14-25-12-17(18(13-25)15-26)11-24-8-2-1-3-9-24/h4-7,10,17-18,26H,1-3,8-9,11-15H2/t17-,18-/m1/s1. The highest BCUT2D eigenvalue weighted by Crippen LogP contribution is 2.27. The lowest BCUT2D eigenvalue weighted by atomic mass is 9.95. The van der Waals surface area contributed by atoms with Gasteiger partial charge in [0.05, 0.1) is 11.2 Å². The molecule has 2 atom stereocenters. The Balaban J connectivity index is 1.41. The number of aliphatic hydroxyl groups excluding tert-OH is 1. The first-order valence-electron chi connectivity index (χ1n) is 9.82. The Kier molecular flexibility index (Phi) is 5.75. The molecule has 1 aromatic heterocycles. The maximum Gasteiger partial charge on any atom is 0.0706 e. The molecule has 2 saturated heterocycles. The van der Waals surface area contributed by atoms with Crippen molar-refractivity contribution in [3.8, 4) is 0 Å². The van der Waals surface area contributed by atoms with Crippen LogP contribution in [0.4, 0.5) is 0 Å². The largest absolute Gasteiger partial charge is 0.396 e. The molecule has 2 fully saturated rings. The molecule has 3 heterocycles. The normalized spacial score (nSPS) is 25.2. The van der Waals surface area contributed by atoms with Gasteiger partial charge in [-0.2, -0.15) is 0 Å². The van der Waals surface area contributed by atoms with Gasteiger partial charge in [-0.25, -0.2) is 0 Å². The van der Waals surface area contributed by atoms with Crippen LogP contribution in [0.25, 0.3) is 10.9 Å². The molecule has 1 N–H and O–H groups in total. The van der Waals surface area contributed by atoms with Gasteiger partial charge in [0, 0.05) is 43.2 Å². The van der Waals surface area contributed by atoms with Gasteiger partial charge in [0.1, 0.15) is 0 Å². The second-order valence-electron chi connectivity index (χ2n) is 7.90. The van der Waals surface area contributed by atoms with Crippen molar-refractivity contribution in [3.63, 3.8) is 0 Å². The molecule has 2 aromatic rings. The molecule has 0 unspecified atom stereocenters. The molecule has 0 aliphatic carbocycles. The van der Waals surface area contributed by atoms with Crippen LogP contribution in [-0.4, -0.2) is 59.2 Å². The number of aromatic nitrogens is 1. The van der Waals surface area contributed by atoms with Crippen molar-refractivity contribution < 1.29 is 5.11 Å². The predicted molar refractivity (Wildman–Crippen MR) is 106 cm³/mol. The molecule has 0 bridgehead atoms. The zero-order chi connectivity index (χ0) is 17.9. The van der Waals surface area contributed by atoms with Crippen LogP contribution < -0.4 is 0 Å². The highest BCUT2D eigenvalue weighted by Gasteiger charge is 2.33. The molecule has 0 saturated carbocycles. The second-order valence-corrected chi connectivity index (χ2v) is 8.33. The van der Waals surface area contributed by atoms with Crippen LogP contribution in [0.15, 0.2) is 30.3 Å². The van der Waals surface area contributed by atoms with Crippen molar-refractivity contribution in [2.45, 2.75) is 25.8 Å². The molecule has 2 aliphatic heterocycles. The molecule has 0 radical (unpaired) electrons. The molecule has 2 aliphatic rings. The molecule has 5 heteroatoms. The zero-order valence-electron chi connectivity index (χ0n) is 15.3. The number of halogens is 1. The number of rotatable bonds is 5. The van der Waals surface area contributed by atoms with Gasteiger partial charge in [0.2, 0.25) is 0 Å². The van der Waals surface area contributed by atoms with Gasteiger partial charge in [-0.15, -0.1) is 0 Å². The van der Waals surface area contributed by atoms with Crippen LogP contribution in [0.5, 0.6) is 0 Å². The van der Waals surface area contributed by atoms with Gasteiger partial charge in [-0.05, 0) is 62.0 Å². The molecule has 0 amide bonds. The number of benzene rings is 1. The number of aliphatic hydroxyl groups is 1. The molecular formula is C21H28ClN3O. The zero-order valence-corrected chi connectivity index (χ0v) is 16.0. The number of pyridine rings is 1. The third-order valence-corrected chi connectivity index (χ3v) is 6.16. The van der Waals surface area contributed by atoms with E-state index in [9.17, 15) is 5.11 Å². The third kappa shape index (κ3) is 4.20. The first-order chi connectivity index (χ1) is 12.7. The summed E-state index contributed by atoms with van der Waals surface area (Å²) in [5, 5.41) is 11.7. The van der Waals surface area contributed by atoms with Crippen LogP contribution in [0, 0.1) is 11.8 Å². The van der Waals surface area contributed by atoms with E-state index in [1.54, 1.807) is 0 Å². The van der Waals surface area contributed by atoms with Crippen LogP contribution >= 0.6 is 11.6 Å². The number of hydrogen-bond donors (Lipinski definition) is 1. The Labute approximate surface area is 160 Å². The SMILES string of the molecule is OC[C@H]1CN(Cc2ccc3cc(Cl)ccc3n2)C[C@H]1CN1CCCCC1. The van der Waals surface area contributed by atoms with Crippen LogP contribution in [0.2, 0.25) is 5.02 Å². The molecule has 1 aromatic carbocycles. The third-order valence-electron chi connectivity index (χ3n) is 5.92. The minimum absolute atomic E-state index is 0.290. The molecule has 0 spiro atoms. The first-order valence-corrected chi connectivity index (χ1v) is 10.2. The van der Waals surface area contributed by atoms with E-state index >= 15 is 0 Å². The fourth-order valence-corrected chi connectivity index (χ4v) is 4.69. The van der Waals surface area contributed by atoms with Gasteiger partial charge in [-0.3, -0.25) is 9.88 Å².